The van der Waals surface area contributed by atoms with Crippen LogP contribution in [0.1, 0.15) is 41.0 Å². The Kier molecular flexibility index (Phi) is 3.98. The predicted octanol–water partition coefficient (Wildman–Crippen LogP) is 3.59. The summed E-state index contributed by atoms with van der Waals surface area (Å²) in [5.41, 5.74) is 2.91. The summed E-state index contributed by atoms with van der Waals surface area (Å²) in [5, 5.41) is 3.13. The molecule has 0 spiro atoms. The van der Waals surface area contributed by atoms with Crippen LogP contribution in [0.15, 0.2) is 17.5 Å². The van der Waals surface area contributed by atoms with Crippen LogP contribution in [-0.4, -0.2) is 16.6 Å². The Labute approximate surface area is 122 Å². The summed E-state index contributed by atoms with van der Waals surface area (Å²) in [6.45, 7) is 5.29. The fourth-order valence-electron chi connectivity index (χ4n) is 2.35. The monoisotopic (exact) mass is 290 g/mol. The van der Waals surface area contributed by atoms with Crippen LogP contribution in [0.3, 0.4) is 0 Å². The summed E-state index contributed by atoms with van der Waals surface area (Å²) in [4.78, 5) is 8.94. The number of hydrogen-bond donors (Lipinski definition) is 0. The van der Waals surface area contributed by atoms with Gasteiger partial charge in [-0.1, -0.05) is 0 Å². The van der Waals surface area contributed by atoms with Gasteiger partial charge >= 0.3 is 0 Å². The first-order valence-electron chi connectivity index (χ1n) is 6.85. The Morgan fingerprint density at radius 3 is 2.80 bits per heavy atom. The van der Waals surface area contributed by atoms with Crippen molar-refractivity contribution in [3.05, 3.63) is 39.6 Å². The zero-order valence-electron chi connectivity index (χ0n) is 11.8. The number of aromatic nitrogens is 2. The summed E-state index contributed by atoms with van der Waals surface area (Å²) < 4.78 is 11.4. The van der Waals surface area contributed by atoms with Crippen molar-refractivity contribution in [2.45, 2.75) is 39.4 Å². The third-order valence-corrected chi connectivity index (χ3v) is 4.20. The minimum absolute atomic E-state index is 0.194. The molecule has 3 rings (SSSR count). The molecular weight excluding hydrogens is 272 g/mol. The third kappa shape index (κ3) is 3.16. The van der Waals surface area contributed by atoms with Gasteiger partial charge in [0.25, 0.3) is 0 Å². The van der Waals surface area contributed by atoms with Crippen molar-refractivity contribution < 1.29 is 9.47 Å². The van der Waals surface area contributed by atoms with Gasteiger partial charge in [0.05, 0.1) is 5.69 Å². The van der Waals surface area contributed by atoms with Crippen LogP contribution in [-0.2, 0) is 11.3 Å². The second-order valence-electron chi connectivity index (χ2n) is 5.05. The molecule has 1 fully saturated rings. The summed E-state index contributed by atoms with van der Waals surface area (Å²) in [6.07, 6.45) is 2.40. The maximum atomic E-state index is 5.79. The maximum Gasteiger partial charge on any atom is 0.131 e. The molecule has 0 N–H and O–H groups in total. The van der Waals surface area contributed by atoms with E-state index >= 15 is 0 Å². The Morgan fingerprint density at radius 2 is 2.10 bits per heavy atom. The first kappa shape index (κ1) is 13.5. The van der Waals surface area contributed by atoms with Gasteiger partial charge in [-0.15, -0.1) is 11.3 Å². The van der Waals surface area contributed by atoms with Crippen molar-refractivity contribution in [3.8, 4) is 5.75 Å². The molecule has 0 aromatic carbocycles. The van der Waals surface area contributed by atoms with E-state index < -0.39 is 0 Å². The number of nitrogens with zero attached hydrogens (tertiary/aromatic N) is 2. The van der Waals surface area contributed by atoms with E-state index in [1.807, 2.05) is 26.0 Å². The Morgan fingerprint density at radius 1 is 1.30 bits per heavy atom. The average molecular weight is 290 g/mol. The molecule has 0 unspecified atom stereocenters. The lowest BCUT2D eigenvalue weighted by molar-refractivity contribution is 0.111. The smallest absolute Gasteiger partial charge is 0.131 e. The summed E-state index contributed by atoms with van der Waals surface area (Å²) in [7, 11) is 0. The van der Waals surface area contributed by atoms with Crippen molar-refractivity contribution in [1.29, 1.82) is 0 Å². The number of rotatable bonds is 4. The average Bonchev–Trinajstić information content (AvgIpc) is 3.06. The molecule has 0 bridgehead atoms. The molecule has 4 nitrogen and oxygen atoms in total. The molecule has 0 aliphatic carbocycles. The molecule has 1 aliphatic rings. The summed E-state index contributed by atoms with van der Waals surface area (Å²) in [5.74, 6) is 0.849. The van der Waals surface area contributed by atoms with Gasteiger partial charge in [0.1, 0.15) is 23.5 Å². The van der Waals surface area contributed by atoms with E-state index in [2.05, 4.69) is 15.3 Å². The molecule has 1 atom stereocenters. The first-order chi connectivity index (χ1) is 9.70. The predicted molar refractivity (Wildman–Crippen MR) is 78.1 cm³/mol. The summed E-state index contributed by atoms with van der Waals surface area (Å²) >= 11 is 1.66. The minimum Gasteiger partial charge on any atom is -0.487 e. The van der Waals surface area contributed by atoms with E-state index in [0.29, 0.717) is 6.61 Å². The quantitative estimate of drug-likeness (QED) is 0.863. The van der Waals surface area contributed by atoms with Crippen LogP contribution >= 0.6 is 11.3 Å². The molecule has 3 heterocycles. The Balaban J connectivity index is 1.63. The van der Waals surface area contributed by atoms with Gasteiger partial charge < -0.3 is 9.47 Å². The fraction of sp³-hybridized carbons (Fsp3) is 0.467. The van der Waals surface area contributed by atoms with Gasteiger partial charge in [-0.25, -0.2) is 4.98 Å². The fourth-order valence-corrected chi connectivity index (χ4v) is 3.23. The summed E-state index contributed by atoms with van der Waals surface area (Å²) in [6, 6.07) is 3.89. The molecule has 2 aromatic heterocycles. The van der Waals surface area contributed by atoms with Gasteiger partial charge in [-0.3, -0.25) is 4.98 Å². The van der Waals surface area contributed by atoms with Gasteiger partial charge in [-0.2, -0.15) is 0 Å². The number of ether oxygens (including phenoxy) is 2. The SMILES string of the molecule is Cc1cc(OCc2csc([C@@H]3CCCO3)n2)cc(C)n1. The van der Waals surface area contributed by atoms with E-state index in [9.17, 15) is 0 Å². The van der Waals surface area contributed by atoms with Gasteiger partial charge in [0.2, 0.25) is 0 Å². The highest BCUT2D eigenvalue weighted by Crippen LogP contribution is 2.30. The highest BCUT2D eigenvalue weighted by atomic mass is 32.1. The molecule has 1 aliphatic heterocycles. The molecule has 2 aromatic rings. The highest BCUT2D eigenvalue weighted by molar-refractivity contribution is 7.09. The number of aryl methyl sites for hydroxylation is 2. The molecule has 106 valence electrons. The maximum absolute atomic E-state index is 5.79. The molecule has 20 heavy (non-hydrogen) atoms. The molecule has 5 heteroatoms. The van der Waals surface area contributed by atoms with Gasteiger partial charge in [0.15, 0.2) is 0 Å². The van der Waals surface area contributed by atoms with Crippen LogP contribution in [0.25, 0.3) is 0 Å². The van der Waals surface area contributed by atoms with Crippen molar-refractivity contribution >= 4 is 11.3 Å². The van der Waals surface area contributed by atoms with Crippen LogP contribution in [0, 0.1) is 13.8 Å². The second kappa shape index (κ2) is 5.89. The Bertz CT molecular complexity index is 571. The standard InChI is InChI=1S/C15H18N2O2S/c1-10-6-13(7-11(2)16-10)19-8-12-9-20-15(17-12)14-4-3-5-18-14/h6-7,9,14H,3-5,8H2,1-2H3/t14-/m0/s1. The zero-order chi connectivity index (χ0) is 13.9. The van der Waals surface area contributed by atoms with E-state index in [1.165, 1.54) is 0 Å². The largest absolute Gasteiger partial charge is 0.487 e. The third-order valence-electron chi connectivity index (χ3n) is 3.22. The number of thiazole rings is 1. The van der Waals surface area contributed by atoms with Crippen LogP contribution in [0.5, 0.6) is 5.75 Å². The number of pyridine rings is 1. The van der Waals surface area contributed by atoms with Gasteiger partial charge in [-0.05, 0) is 26.7 Å². The van der Waals surface area contributed by atoms with Crippen molar-refractivity contribution in [3.63, 3.8) is 0 Å². The van der Waals surface area contributed by atoms with Crippen LogP contribution in [0.2, 0.25) is 0 Å². The minimum atomic E-state index is 0.194. The van der Waals surface area contributed by atoms with Crippen LogP contribution < -0.4 is 4.74 Å². The molecule has 0 saturated carbocycles. The topological polar surface area (TPSA) is 44.2 Å². The Hall–Kier alpha value is -1.46. The van der Waals surface area contributed by atoms with E-state index in [0.717, 1.165) is 47.3 Å². The second-order valence-corrected chi connectivity index (χ2v) is 5.94. The van der Waals surface area contributed by atoms with Crippen LogP contribution in [0.4, 0.5) is 0 Å². The first-order valence-corrected chi connectivity index (χ1v) is 7.72. The van der Waals surface area contributed by atoms with Gasteiger partial charge in [0, 0.05) is 35.5 Å². The van der Waals surface area contributed by atoms with E-state index in [1.54, 1.807) is 11.3 Å². The van der Waals surface area contributed by atoms with E-state index in [-0.39, 0.29) is 6.10 Å². The van der Waals surface area contributed by atoms with Crippen molar-refractivity contribution in [2.75, 3.05) is 6.61 Å². The normalized spacial score (nSPS) is 18.4. The molecular formula is C15H18N2O2S. The molecule has 1 saturated heterocycles. The molecule has 0 amide bonds. The number of hydrogen-bond acceptors (Lipinski definition) is 5. The lowest BCUT2D eigenvalue weighted by atomic mass is 10.2. The highest BCUT2D eigenvalue weighted by Gasteiger charge is 2.20. The lowest BCUT2D eigenvalue weighted by Crippen LogP contribution is -1.99. The van der Waals surface area contributed by atoms with Crippen molar-refractivity contribution in [2.24, 2.45) is 0 Å². The van der Waals surface area contributed by atoms with Crippen molar-refractivity contribution in [1.82, 2.24) is 9.97 Å². The zero-order valence-corrected chi connectivity index (χ0v) is 12.6. The lowest BCUT2D eigenvalue weighted by Gasteiger charge is -2.06. The molecule has 0 radical (unpaired) electrons. The van der Waals surface area contributed by atoms with E-state index in [4.69, 9.17) is 9.47 Å².